The lowest BCUT2D eigenvalue weighted by Gasteiger charge is -2.34. The molecular weight excluding hydrogens is 322 g/mol. The van der Waals surface area contributed by atoms with E-state index in [1.807, 2.05) is 18.9 Å². The molecule has 0 bridgehead atoms. The molecule has 0 aromatic carbocycles. The number of fused-ring (bicyclic) bond motifs is 1. The second kappa shape index (κ2) is 5.04. The third kappa shape index (κ3) is 2.51. The number of primary sulfonamides is 1. The Balaban J connectivity index is 2.68. The molecule has 20 heavy (non-hydrogen) atoms. The third-order valence-electron chi connectivity index (χ3n) is 3.45. The van der Waals surface area contributed by atoms with Crippen molar-refractivity contribution >= 4 is 31.4 Å². The summed E-state index contributed by atoms with van der Waals surface area (Å²) in [5.74, 6) is 0. The summed E-state index contributed by atoms with van der Waals surface area (Å²) < 4.78 is 48.7. The Kier molecular flexibility index (Phi) is 4.00. The normalized spacial score (nSPS) is 22.9. The summed E-state index contributed by atoms with van der Waals surface area (Å²) in [5, 5.41) is 5.11. The number of thiophene rings is 1. The Hall–Kier alpha value is -0.520. The molecule has 10 heteroatoms. The van der Waals surface area contributed by atoms with Gasteiger partial charge in [-0.05, 0) is 19.7 Å². The van der Waals surface area contributed by atoms with Crippen LogP contribution in [0, 0.1) is 0 Å². The Morgan fingerprint density at radius 1 is 1.55 bits per heavy atom. The summed E-state index contributed by atoms with van der Waals surface area (Å²) in [6, 6.07) is 1.21. The molecule has 0 saturated heterocycles. The lowest BCUT2D eigenvalue weighted by Crippen LogP contribution is -2.41. The molecule has 0 unspecified atom stereocenters. The Bertz CT molecular complexity index is 723. The predicted octanol–water partition coefficient (Wildman–Crippen LogP) is 0.0224. The molecule has 0 amide bonds. The zero-order valence-electron chi connectivity index (χ0n) is 11.4. The van der Waals surface area contributed by atoms with Crippen molar-refractivity contribution in [3.63, 3.8) is 0 Å². The van der Waals surface area contributed by atoms with Gasteiger partial charge in [0.2, 0.25) is 10.0 Å². The fourth-order valence-electron chi connectivity index (χ4n) is 2.12. The van der Waals surface area contributed by atoms with E-state index < -0.39 is 20.0 Å². The van der Waals surface area contributed by atoms with Crippen LogP contribution < -0.4 is 5.14 Å². The molecule has 1 aromatic heterocycles. The van der Waals surface area contributed by atoms with Crippen LogP contribution in [0.2, 0.25) is 0 Å². The molecule has 1 aliphatic rings. The summed E-state index contributed by atoms with van der Waals surface area (Å²) in [6.45, 7) is 2.97. The van der Waals surface area contributed by atoms with Crippen molar-refractivity contribution in [2.24, 2.45) is 5.14 Å². The van der Waals surface area contributed by atoms with Crippen molar-refractivity contribution in [3.05, 3.63) is 11.6 Å². The van der Waals surface area contributed by atoms with E-state index >= 15 is 0 Å². The van der Waals surface area contributed by atoms with E-state index in [1.54, 1.807) is 0 Å². The van der Waals surface area contributed by atoms with Crippen LogP contribution in [-0.4, -0.2) is 53.2 Å². The molecule has 7 nitrogen and oxygen atoms in total. The summed E-state index contributed by atoms with van der Waals surface area (Å²) in [6.07, 6.45) is 0. The third-order valence-corrected chi connectivity index (χ3v) is 8.37. The van der Waals surface area contributed by atoms with Crippen molar-refractivity contribution in [2.75, 3.05) is 27.2 Å². The van der Waals surface area contributed by atoms with Crippen molar-refractivity contribution in [3.8, 4) is 0 Å². The van der Waals surface area contributed by atoms with E-state index in [2.05, 4.69) is 0 Å². The van der Waals surface area contributed by atoms with E-state index in [1.165, 1.54) is 17.4 Å². The van der Waals surface area contributed by atoms with Gasteiger partial charge in [-0.2, -0.15) is 4.31 Å². The topological polar surface area (TPSA) is 101 Å². The second-order valence-corrected chi connectivity index (χ2v) is 9.81. The van der Waals surface area contributed by atoms with E-state index in [0.717, 1.165) is 6.54 Å². The van der Waals surface area contributed by atoms with Gasteiger partial charge in [-0.15, -0.1) is 11.3 Å². The zero-order valence-corrected chi connectivity index (χ0v) is 13.8. The van der Waals surface area contributed by atoms with E-state index in [0.29, 0.717) is 23.4 Å². The highest BCUT2D eigenvalue weighted by Gasteiger charge is 2.39. The molecular formula is C10H17N3O4S3. The lowest BCUT2D eigenvalue weighted by molar-refractivity contribution is 0.217. The number of nitrogens with two attached hydrogens (primary N) is 1. The molecule has 0 fully saturated rings. The van der Waals surface area contributed by atoms with Gasteiger partial charge in [0.05, 0.1) is 6.04 Å². The van der Waals surface area contributed by atoms with Crippen LogP contribution in [0.1, 0.15) is 18.5 Å². The number of hydrogen-bond acceptors (Lipinski definition) is 6. The standard InChI is InChI=1S/C10H17N3O4S3/c1-4-12(2)8-6-13(3)20(16,17)10-7(8)5-9(18-10)19(11,14)15/h5,8H,4,6H2,1-3H3,(H2,11,14,15)/t8-/m0/s1. The van der Waals surface area contributed by atoms with Gasteiger partial charge in [0, 0.05) is 19.2 Å². The highest BCUT2D eigenvalue weighted by Crippen LogP contribution is 2.41. The van der Waals surface area contributed by atoms with Gasteiger partial charge in [-0.25, -0.2) is 22.0 Å². The second-order valence-electron chi connectivity index (χ2n) is 4.73. The molecule has 0 aliphatic carbocycles. The maximum Gasteiger partial charge on any atom is 0.252 e. The van der Waals surface area contributed by atoms with Gasteiger partial charge in [0.1, 0.15) is 8.42 Å². The minimum atomic E-state index is -3.90. The molecule has 1 aromatic rings. The van der Waals surface area contributed by atoms with Crippen molar-refractivity contribution in [2.45, 2.75) is 21.4 Å². The Morgan fingerprint density at radius 3 is 2.65 bits per heavy atom. The SMILES string of the molecule is CCN(C)[C@H]1CN(C)S(=O)(=O)c2sc(S(N)(=O)=O)cc21. The van der Waals surface area contributed by atoms with E-state index in [-0.39, 0.29) is 14.5 Å². The van der Waals surface area contributed by atoms with Gasteiger partial charge >= 0.3 is 0 Å². The zero-order chi connectivity index (χ0) is 15.3. The highest BCUT2D eigenvalue weighted by atomic mass is 32.3. The Labute approximate surface area is 123 Å². The molecule has 2 rings (SSSR count). The largest absolute Gasteiger partial charge is 0.298 e. The van der Waals surface area contributed by atoms with Gasteiger partial charge in [-0.1, -0.05) is 6.92 Å². The lowest BCUT2D eigenvalue weighted by atomic mass is 10.1. The Morgan fingerprint density at radius 2 is 2.15 bits per heavy atom. The van der Waals surface area contributed by atoms with Gasteiger partial charge in [0.15, 0.2) is 0 Å². The van der Waals surface area contributed by atoms with Crippen molar-refractivity contribution in [1.29, 1.82) is 0 Å². The van der Waals surface area contributed by atoms with Crippen LogP contribution in [0.4, 0.5) is 0 Å². The summed E-state index contributed by atoms with van der Waals surface area (Å²) in [5.41, 5.74) is 0.515. The molecule has 0 saturated carbocycles. The molecule has 0 radical (unpaired) electrons. The van der Waals surface area contributed by atoms with Crippen LogP contribution in [0.15, 0.2) is 14.5 Å². The fourth-order valence-corrected chi connectivity index (χ4v) is 6.15. The van der Waals surface area contributed by atoms with Crippen molar-refractivity contribution < 1.29 is 16.8 Å². The number of sulfonamides is 2. The monoisotopic (exact) mass is 339 g/mol. The molecule has 1 aliphatic heterocycles. The quantitative estimate of drug-likeness (QED) is 0.837. The number of likely N-dealkylation sites (N-methyl/N-ethyl adjacent to an activating group) is 2. The number of nitrogens with zero attached hydrogens (tertiary/aromatic N) is 2. The average Bonchev–Trinajstić information content (AvgIpc) is 2.79. The van der Waals surface area contributed by atoms with Crippen LogP contribution in [0.5, 0.6) is 0 Å². The molecule has 114 valence electrons. The van der Waals surface area contributed by atoms with Crippen LogP contribution in [0.3, 0.4) is 0 Å². The van der Waals surface area contributed by atoms with Crippen LogP contribution in [0.25, 0.3) is 0 Å². The van der Waals surface area contributed by atoms with Crippen LogP contribution in [-0.2, 0) is 20.0 Å². The summed E-state index contributed by atoms with van der Waals surface area (Å²) in [4.78, 5) is 1.98. The summed E-state index contributed by atoms with van der Waals surface area (Å²) in [7, 11) is -4.17. The number of rotatable bonds is 3. The fraction of sp³-hybridized carbons (Fsp3) is 0.600. The van der Waals surface area contributed by atoms with Crippen LogP contribution >= 0.6 is 11.3 Å². The first-order valence-corrected chi connectivity index (χ1v) is 9.72. The van der Waals surface area contributed by atoms with Gasteiger partial charge in [-0.3, -0.25) is 4.90 Å². The van der Waals surface area contributed by atoms with E-state index in [9.17, 15) is 16.8 Å². The first-order chi connectivity index (χ1) is 9.09. The maximum absolute atomic E-state index is 12.3. The maximum atomic E-state index is 12.3. The predicted molar refractivity (Wildman–Crippen MR) is 76.6 cm³/mol. The van der Waals surface area contributed by atoms with E-state index in [4.69, 9.17) is 5.14 Å². The summed E-state index contributed by atoms with van der Waals surface area (Å²) >= 11 is 0.715. The first kappa shape index (κ1) is 15.9. The minimum Gasteiger partial charge on any atom is -0.298 e. The van der Waals surface area contributed by atoms with Gasteiger partial charge < -0.3 is 0 Å². The molecule has 0 spiro atoms. The molecule has 1 atom stereocenters. The molecule has 2 N–H and O–H groups in total. The van der Waals surface area contributed by atoms with Crippen molar-refractivity contribution in [1.82, 2.24) is 9.21 Å². The highest BCUT2D eigenvalue weighted by molar-refractivity contribution is 7.94. The first-order valence-electron chi connectivity index (χ1n) is 5.92. The minimum absolute atomic E-state index is 0.0700. The average molecular weight is 339 g/mol. The number of hydrogen-bond donors (Lipinski definition) is 1. The van der Waals surface area contributed by atoms with Gasteiger partial charge in [0.25, 0.3) is 10.0 Å². The smallest absolute Gasteiger partial charge is 0.252 e. The molecule has 2 heterocycles.